The van der Waals surface area contributed by atoms with Gasteiger partial charge in [-0.25, -0.2) is 13.1 Å². The maximum atomic E-state index is 12.6. The summed E-state index contributed by atoms with van der Waals surface area (Å²) in [6.07, 6.45) is 2.52. The second-order valence-corrected chi connectivity index (χ2v) is 7.95. The number of ether oxygens (including phenoxy) is 1. The van der Waals surface area contributed by atoms with Gasteiger partial charge in [-0.05, 0) is 55.2 Å². The number of carbonyl (C=O) groups is 1. The molecule has 2 aromatic rings. The van der Waals surface area contributed by atoms with Gasteiger partial charge in [-0.3, -0.25) is 4.79 Å². The van der Waals surface area contributed by atoms with E-state index in [1.54, 1.807) is 12.1 Å². The first-order chi connectivity index (χ1) is 12.4. The average Bonchev–Trinajstić information content (AvgIpc) is 3.44. The first-order valence-corrected chi connectivity index (χ1v) is 10.0. The van der Waals surface area contributed by atoms with E-state index in [9.17, 15) is 13.2 Å². The number of anilines is 1. The van der Waals surface area contributed by atoms with E-state index < -0.39 is 10.0 Å². The standard InChI is InChI=1S/C19H22N2O4S/c1-3-13-5-4-6-16(11-13)20-19(22)14-7-10-17(25-2)18(12-14)26(23,24)21-15-8-9-15/h4-7,10-12,15,21H,3,8-9H2,1-2H3,(H,20,22). The van der Waals surface area contributed by atoms with Crippen LogP contribution in [0.25, 0.3) is 0 Å². The van der Waals surface area contributed by atoms with E-state index in [4.69, 9.17) is 4.74 Å². The largest absolute Gasteiger partial charge is 0.495 e. The van der Waals surface area contributed by atoms with Gasteiger partial charge in [0.25, 0.3) is 5.91 Å². The molecule has 2 aromatic carbocycles. The molecule has 0 spiro atoms. The summed E-state index contributed by atoms with van der Waals surface area (Å²) in [7, 11) is -2.33. The van der Waals surface area contributed by atoms with Gasteiger partial charge in [-0.1, -0.05) is 19.1 Å². The molecule has 0 unspecified atom stereocenters. The lowest BCUT2D eigenvalue weighted by Gasteiger charge is -2.12. The fourth-order valence-electron chi connectivity index (χ4n) is 2.58. The predicted molar refractivity (Wildman–Crippen MR) is 100 cm³/mol. The molecule has 0 atom stereocenters. The Balaban J connectivity index is 1.87. The highest BCUT2D eigenvalue weighted by Gasteiger charge is 2.30. The van der Waals surface area contributed by atoms with Crippen LogP contribution in [0.5, 0.6) is 5.75 Å². The first kappa shape index (κ1) is 18.4. The van der Waals surface area contributed by atoms with Crippen LogP contribution >= 0.6 is 0 Å². The molecule has 1 amide bonds. The molecule has 2 N–H and O–H groups in total. The molecule has 0 saturated heterocycles. The highest BCUT2D eigenvalue weighted by atomic mass is 32.2. The van der Waals surface area contributed by atoms with E-state index in [-0.39, 0.29) is 28.2 Å². The number of rotatable bonds is 7. The van der Waals surface area contributed by atoms with E-state index in [0.717, 1.165) is 24.8 Å². The number of benzene rings is 2. The normalized spacial score (nSPS) is 14.1. The van der Waals surface area contributed by atoms with Crippen LogP contribution < -0.4 is 14.8 Å². The number of nitrogens with one attached hydrogen (secondary N) is 2. The van der Waals surface area contributed by atoms with Crippen molar-refractivity contribution in [1.29, 1.82) is 0 Å². The van der Waals surface area contributed by atoms with Crippen molar-refractivity contribution in [1.82, 2.24) is 4.72 Å². The van der Waals surface area contributed by atoms with Gasteiger partial charge in [0, 0.05) is 17.3 Å². The molecule has 138 valence electrons. The van der Waals surface area contributed by atoms with Gasteiger partial charge in [0.2, 0.25) is 10.0 Å². The van der Waals surface area contributed by atoms with Gasteiger partial charge >= 0.3 is 0 Å². The lowest BCUT2D eigenvalue weighted by atomic mass is 10.1. The van der Waals surface area contributed by atoms with Crippen molar-refractivity contribution in [2.24, 2.45) is 0 Å². The second-order valence-electron chi connectivity index (χ2n) is 6.27. The zero-order valence-corrected chi connectivity index (χ0v) is 15.6. The van der Waals surface area contributed by atoms with Crippen LogP contribution in [0, 0.1) is 0 Å². The smallest absolute Gasteiger partial charge is 0.255 e. The Labute approximate surface area is 153 Å². The molecule has 0 bridgehead atoms. The van der Waals surface area contributed by atoms with Crippen molar-refractivity contribution in [2.45, 2.75) is 37.1 Å². The van der Waals surface area contributed by atoms with Gasteiger partial charge in [0.05, 0.1) is 7.11 Å². The molecule has 6 nitrogen and oxygen atoms in total. The third-order valence-electron chi connectivity index (χ3n) is 4.21. The average molecular weight is 374 g/mol. The van der Waals surface area contributed by atoms with Crippen molar-refractivity contribution in [3.63, 3.8) is 0 Å². The number of aryl methyl sites for hydroxylation is 1. The molecule has 1 aliphatic carbocycles. The lowest BCUT2D eigenvalue weighted by molar-refractivity contribution is 0.102. The van der Waals surface area contributed by atoms with Crippen LogP contribution in [0.3, 0.4) is 0 Å². The molecular weight excluding hydrogens is 352 g/mol. The fraction of sp³-hybridized carbons (Fsp3) is 0.316. The SMILES string of the molecule is CCc1cccc(NC(=O)c2ccc(OC)c(S(=O)(=O)NC3CC3)c2)c1. The molecule has 1 aliphatic rings. The van der Waals surface area contributed by atoms with Gasteiger partial charge in [-0.15, -0.1) is 0 Å². The summed E-state index contributed by atoms with van der Waals surface area (Å²) < 4.78 is 32.9. The summed E-state index contributed by atoms with van der Waals surface area (Å²) in [5.74, 6) is -0.161. The minimum Gasteiger partial charge on any atom is -0.495 e. The third-order valence-corrected chi connectivity index (χ3v) is 5.75. The van der Waals surface area contributed by atoms with Crippen LogP contribution in [-0.2, 0) is 16.4 Å². The summed E-state index contributed by atoms with van der Waals surface area (Å²) in [5.41, 5.74) is 2.03. The van der Waals surface area contributed by atoms with Crippen LogP contribution in [0.15, 0.2) is 47.4 Å². The molecule has 3 rings (SSSR count). The Morgan fingerprint density at radius 3 is 2.62 bits per heavy atom. The molecule has 0 heterocycles. The van der Waals surface area contributed by atoms with E-state index in [0.29, 0.717) is 5.69 Å². The summed E-state index contributed by atoms with van der Waals surface area (Å²) in [5, 5.41) is 2.81. The van der Waals surface area contributed by atoms with Crippen LogP contribution in [-0.4, -0.2) is 27.5 Å². The zero-order chi connectivity index (χ0) is 18.7. The maximum absolute atomic E-state index is 12.6. The topological polar surface area (TPSA) is 84.5 Å². The second kappa shape index (κ2) is 7.47. The number of carbonyl (C=O) groups excluding carboxylic acids is 1. The quantitative estimate of drug-likeness (QED) is 0.780. The monoisotopic (exact) mass is 374 g/mol. The molecule has 0 aliphatic heterocycles. The fourth-order valence-corrected chi connectivity index (χ4v) is 4.08. The van der Waals surface area contributed by atoms with Crippen molar-refractivity contribution >= 4 is 21.6 Å². The molecule has 0 aromatic heterocycles. The molecule has 7 heteroatoms. The Kier molecular flexibility index (Phi) is 5.29. The van der Waals surface area contributed by atoms with Crippen LogP contribution in [0.4, 0.5) is 5.69 Å². The summed E-state index contributed by atoms with van der Waals surface area (Å²) in [4.78, 5) is 12.5. The Hall–Kier alpha value is -2.38. The summed E-state index contributed by atoms with van der Waals surface area (Å²) in [6.45, 7) is 2.04. The van der Waals surface area contributed by atoms with E-state index in [2.05, 4.69) is 10.0 Å². The molecule has 1 fully saturated rings. The highest BCUT2D eigenvalue weighted by molar-refractivity contribution is 7.89. The number of hydrogen-bond acceptors (Lipinski definition) is 4. The van der Waals surface area contributed by atoms with E-state index in [1.807, 2.05) is 25.1 Å². The lowest BCUT2D eigenvalue weighted by Crippen LogP contribution is -2.26. The number of methoxy groups -OCH3 is 1. The van der Waals surface area contributed by atoms with Gasteiger partial charge in [-0.2, -0.15) is 0 Å². The summed E-state index contributed by atoms with van der Waals surface area (Å²) in [6, 6.07) is 11.9. The van der Waals surface area contributed by atoms with Crippen LogP contribution in [0.1, 0.15) is 35.7 Å². The number of amides is 1. The van der Waals surface area contributed by atoms with E-state index in [1.165, 1.54) is 19.2 Å². The van der Waals surface area contributed by atoms with Crippen molar-refractivity contribution in [3.05, 3.63) is 53.6 Å². The van der Waals surface area contributed by atoms with Crippen LogP contribution in [0.2, 0.25) is 0 Å². The summed E-state index contributed by atoms with van der Waals surface area (Å²) >= 11 is 0. The Morgan fingerprint density at radius 1 is 1.19 bits per heavy atom. The molecular formula is C19H22N2O4S. The maximum Gasteiger partial charge on any atom is 0.255 e. The van der Waals surface area contributed by atoms with E-state index >= 15 is 0 Å². The van der Waals surface area contributed by atoms with Gasteiger partial charge in [0.15, 0.2) is 0 Å². The third kappa shape index (κ3) is 4.23. The van der Waals surface area contributed by atoms with Gasteiger partial charge < -0.3 is 10.1 Å². The molecule has 0 radical (unpaired) electrons. The minimum absolute atomic E-state index is 0.0261. The van der Waals surface area contributed by atoms with Crippen molar-refractivity contribution in [2.75, 3.05) is 12.4 Å². The Bertz CT molecular complexity index is 921. The highest BCUT2D eigenvalue weighted by Crippen LogP contribution is 2.28. The predicted octanol–water partition coefficient (Wildman–Crippen LogP) is 2.95. The Morgan fingerprint density at radius 2 is 1.96 bits per heavy atom. The minimum atomic E-state index is -3.73. The first-order valence-electron chi connectivity index (χ1n) is 8.53. The number of hydrogen-bond donors (Lipinski definition) is 2. The molecule has 26 heavy (non-hydrogen) atoms. The van der Waals surface area contributed by atoms with Crippen molar-refractivity contribution < 1.29 is 17.9 Å². The van der Waals surface area contributed by atoms with Gasteiger partial charge in [0.1, 0.15) is 10.6 Å². The zero-order valence-electron chi connectivity index (χ0n) is 14.8. The van der Waals surface area contributed by atoms with Crippen molar-refractivity contribution in [3.8, 4) is 5.75 Å². The number of sulfonamides is 1. The molecule has 1 saturated carbocycles.